The van der Waals surface area contributed by atoms with Crippen molar-refractivity contribution < 1.29 is 131 Å². The second kappa shape index (κ2) is 23.4. The van der Waals surface area contributed by atoms with Crippen LogP contribution in [0, 0.1) is 0 Å². The Morgan fingerprint density at radius 1 is 1.06 bits per heavy atom. The van der Waals surface area contributed by atoms with E-state index in [1.165, 1.54) is 19.3 Å². The molecule has 0 saturated carbocycles. The molecule has 0 aromatic heterocycles. The van der Waals surface area contributed by atoms with E-state index in [0.717, 1.165) is 6.42 Å². The van der Waals surface area contributed by atoms with Crippen molar-refractivity contribution in [1.82, 2.24) is 0 Å². The third kappa shape index (κ3) is 36.0. The summed E-state index contributed by atoms with van der Waals surface area (Å²) in [5.41, 5.74) is 0. The molecular formula is C6H14K2O6P2+2. The molecule has 1 N–H and O–H groups in total. The number of aliphatic hydroxyl groups is 1. The fraction of sp³-hybridized carbons (Fsp3) is 1.00. The van der Waals surface area contributed by atoms with Crippen LogP contribution < -0.4 is 113 Å². The molecule has 0 aliphatic rings. The summed E-state index contributed by atoms with van der Waals surface area (Å²) in [5.74, 6) is 0. The summed E-state index contributed by atoms with van der Waals surface area (Å²) in [6.45, 7) is 2.53. The summed E-state index contributed by atoms with van der Waals surface area (Å²) in [4.78, 5) is 18.5. The maximum Gasteiger partial charge on any atom is 1.00 e. The van der Waals surface area contributed by atoms with E-state index >= 15 is 0 Å². The fourth-order valence-electron chi connectivity index (χ4n) is 0.593. The van der Waals surface area contributed by atoms with Crippen molar-refractivity contribution in [2.75, 3.05) is 6.61 Å². The van der Waals surface area contributed by atoms with E-state index in [9.17, 15) is 18.9 Å². The summed E-state index contributed by atoms with van der Waals surface area (Å²) in [6, 6.07) is 0. The zero-order valence-electron chi connectivity index (χ0n) is 9.92. The Bertz CT molecular complexity index is 155. The second-order valence-electron chi connectivity index (χ2n) is 2.31. The molecule has 6 nitrogen and oxygen atoms in total. The molecular weight excluding hydrogens is 308 g/mol. The first-order chi connectivity index (χ1) is 6.54. The molecule has 0 bridgehead atoms. The smallest absolute Gasteiger partial charge is 0.563 e. The Balaban J connectivity index is -0.0000000800. The molecule has 16 heavy (non-hydrogen) atoms. The topological polar surface area (TPSA) is 110 Å². The van der Waals surface area contributed by atoms with Gasteiger partial charge in [-0.3, -0.25) is 0 Å². The first-order valence-electron chi connectivity index (χ1n) is 4.12. The van der Waals surface area contributed by atoms with Gasteiger partial charge < -0.3 is 14.9 Å². The van der Waals surface area contributed by atoms with E-state index in [0.29, 0.717) is 6.61 Å². The van der Waals surface area contributed by atoms with Crippen LogP contribution in [0.3, 0.4) is 0 Å². The molecule has 0 aromatic carbocycles. The third-order valence-electron chi connectivity index (χ3n) is 1.15. The van der Waals surface area contributed by atoms with Gasteiger partial charge in [0.2, 0.25) is 0 Å². The molecule has 2 atom stereocenters. The minimum Gasteiger partial charge on any atom is -0.563 e. The SMILES string of the molecule is CCCCCCO.O=[P+]([O-])O[P+](=O)[O-].[K+].[K+]. The standard InChI is InChI=1S/C6H14O.2K.O5P2/c1-2-3-4-5-6-7;;;1-6(2)5-7(3)4/h7H,2-6H2,1H3;;;/q;2*+1;. The van der Waals surface area contributed by atoms with E-state index < -0.39 is 16.5 Å². The number of rotatable bonds is 6. The van der Waals surface area contributed by atoms with Gasteiger partial charge >= 0.3 is 119 Å². The summed E-state index contributed by atoms with van der Waals surface area (Å²) >= 11 is 0. The predicted octanol–water partition coefficient (Wildman–Crippen LogP) is -5.39. The molecule has 0 amide bonds. The van der Waals surface area contributed by atoms with Crippen molar-refractivity contribution >= 4 is 16.5 Å². The van der Waals surface area contributed by atoms with Crippen molar-refractivity contribution in [3.63, 3.8) is 0 Å². The van der Waals surface area contributed by atoms with Crippen molar-refractivity contribution in [2.45, 2.75) is 32.6 Å². The van der Waals surface area contributed by atoms with E-state index in [4.69, 9.17) is 5.11 Å². The fourth-order valence-corrected chi connectivity index (χ4v) is 1.03. The molecule has 0 heterocycles. The molecule has 0 rings (SSSR count). The van der Waals surface area contributed by atoms with Crippen LogP contribution in [0.1, 0.15) is 32.6 Å². The molecule has 0 aliphatic heterocycles. The van der Waals surface area contributed by atoms with Crippen molar-refractivity contribution in [2.24, 2.45) is 0 Å². The van der Waals surface area contributed by atoms with Gasteiger partial charge in [0, 0.05) is 6.61 Å². The molecule has 0 aromatic rings. The van der Waals surface area contributed by atoms with Crippen molar-refractivity contribution in [1.29, 1.82) is 0 Å². The first kappa shape index (κ1) is 27.6. The minimum absolute atomic E-state index is 0. The Morgan fingerprint density at radius 2 is 1.50 bits per heavy atom. The Morgan fingerprint density at radius 3 is 1.69 bits per heavy atom. The maximum absolute atomic E-state index is 9.24. The van der Waals surface area contributed by atoms with Gasteiger partial charge in [0.15, 0.2) is 0 Å². The maximum atomic E-state index is 9.24. The van der Waals surface area contributed by atoms with Crippen molar-refractivity contribution in [3.05, 3.63) is 0 Å². The average molecular weight is 322 g/mol. The Kier molecular flexibility index (Phi) is 40.4. The molecule has 0 spiro atoms. The Labute approximate surface area is 183 Å². The largest absolute Gasteiger partial charge is 1.00 e. The van der Waals surface area contributed by atoms with Gasteiger partial charge in [-0.1, -0.05) is 26.2 Å². The zero-order valence-corrected chi connectivity index (χ0v) is 18.0. The molecule has 0 saturated heterocycles. The summed E-state index contributed by atoms with van der Waals surface area (Å²) in [7, 11) is -6.47. The summed E-state index contributed by atoms with van der Waals surface area (Å²) in [6.07, 6.45) is 4.68. The number of hydrogen-bond acceptors (Lipinski definition) is 6. The molecule has 0 radical (unpaired) electrons. The number of unbranched alkanes of at least 4 members (excludes halogenated alkanes) is 3. The van der Waals surface area contributed by atoms with E-state index in [2.05, 4.69) is 11.2 Å². The van der Waals surface area contributed by atoms with Gasteiger partial charge in [0.25, 0.3) is 0 Å². The van der Waals surface area contributed by atoms with Gasteiger partial charge in [-0.25, -0.2) is 0 Å². The quantitative estimate of drug-likeness (QED) is 0.297. The number of aliphatic hydroxyl groups excluding tert-OH is 1. The van der Waals surface area contributed by atoms with Crippen LogP contribution in [-0.4, -0.2) is 11.7 Å². The monoisotopic (exact) mass is 322 g/mol. The summed E-state index contributed by atoms with van der Waals surface area (Å²) in [5, 5.41) is 8.29. The summed E-state index contributed by atoms with van der Waals surface area (Å²) < 4.78 is 21.6. The Hall–Kier alpha value is 3.31. The normalized spacial score (nSPS) is 10.0. The van der Waals surface area contributed by atoms with Crippen LogP contribution in [0.15, 0.2) is 0 Å². The van der Waals surface area contributed by atoms with Crippen molar-refractivity contribution in [3.8, 4) is 0 Å². The molecule has 84 valence electrons. The number of hydrogen-bond donors (Lipinski definition) is 1. The van der Waals surface area contributed by atoms with Crippen LogP contribution in [0.25, 0.3) is 0 Å². The van der Waals surface area contributed by atoms with Crippen LogP contribution in [0.4, 0.5) is 0 Å². The molecule has 0 fully saturated rings. The van der Waals surface area contributed by atoms with Gasteiger partial charge in [-0.15, -0.1) is 0 Å². The zero-order chi connectivity index (χ0) is 11.4. The first-order valence-corrected chi connectivity index (χ1v) is 6.31. The van der Waals surface area contributed by atoms with Gasteiger partial charge in [-0.05, 0) is 15.6 Å². The third-order valence-corrected chi connectivity index (χ3v) is 2.21. The average Bonchev–Trinajstić information content (AvgIpc) is 2.04. The van der Waals surface area contributed by atoms with Gasteiger partial charge in [-0.2, -0.15) is 0 Å². The molecule has 0 aliphatic carbocycles. The van der Waals surface area contributed by atoms with Crippen LogP contribution >= 0.6 is 16.5 Å². The van der Waals surface area contributed by atoms with Crippen LogP contribution in [0.5, 0.6) is 0 Å². The van der Waals surface area contributed by atoms with E-state index in [1.54, 1.807) is 0 Å². The molecule has 2 unspecified atom stereocenters. The molecule has 10 heteroatoms. The van der Waals surface area contributed by atoms with E-state index in [-0.39, 0.29) is 103 Å². The van der Waals surface area contributed by atoms with Gasteiger partial charge in [0.05, 0.1) is 0 Å². The second-order valence-corrected chi connectivity index (χ2v) is 3.86. The van der Waals surface area contributed by atoms with Crippen LogP contribution in [0.2, 0.25) is 0 Å². The predicted molar refractivity (Wildman–Crippen MR) is 47.5 cm³/mol. The minimum atomic E-state index is -3.24. The van der Waals surface area contributed by atoms with E-state index in [1.807, 2.05) is 0 Å². The van der Waals surface area contributed by atoms with Gasteiger partial charge in [0.1, 0.15) is 4.31 Å². The van der Waals surface area contributed by atoms with Crippen LogP contribution in [-0.2, 0) is 13.4 Å².